The maximum Gasteiger partial charge on any atom is 1.00 e. The largest absolute Gasteiger partial charge is 1.00 e. The van der Waals surface area contributed by atoms with Gasteiger partial charge >= 0.3 is 35.5 Å². The van der Waals surface area contributed by atoms with Crippen LogP contribution in [0.2, 0.25) is 0 Å². The Labute approximate surface area is 132 Å². The minimum atomic E-state index is -1.45. The van der Waals surface area contributed by atoms with Crippen molar-refractivity contribution in [1.29, 1.82) is 0 Å². The number of carboxylic acids is 1. The number of esters is 1. The number of carbonyl (C=O) groups excluding carboxylic acids is 3. The Morgan fingerprint density at radius 3 is 2.21 bits per heavy atom. The topological polar surface area (TPSA) is 95.5 Å². The molecule has 0 saturated heterocycles. The molecule has 0 aliphatic rings. The Morgan fingerprint density at radius 1 is 1.21 bits per heavy atom. The van der Waals surface area contributed by atoms with E-state index in [1.54, 1.807) is 0 Å². The van der Waals surface area contributed by atoms with Crippen LogP contribution in [0, 0.1) is 0 Å². The molecule has 6 nitrogen and oxygen atoms in total. The first kappa shape index (κ1) is 17.6. The molecule has 96 valence electrons. The van der Waals surface area contributed by atoms with E-state index in [9.17, 15) is 19.5 Å². The molecular formula is C12H12NNaO5. The first-order valence-corrected chi connectivity index (χ1v) is 5.16. The van der Waals surface area contributed by atoms with Crippen molar-refractivity contribution >= 4 is 17.8 Å². The molecule has 19 heavy (non-hydrogen) atoms. The molecule has 1 atom stereocenters. The molecule has 0 radical (unpaired) electrons. The molecule has 0 aliphatic heterocycles. The molecule has 0 aromatic heterocycles. The second kappa shape index (κ2) is 7.93. The van der Waals surface area contributed by atoms with Gasteiger partial charge in [0, 0.05) is 11.1 Å². The van der Waals surface area contributed by atoms with Crippen molar-refractivity contribution in [3.63, 3.8) is 0 Å². The number of rotatable bonds is 4. The summed E-state index contributed by atoms with van der Waals surface area (Å²) in [6.45, 7) is 1.44. The summed E-state index contributed by atoms with van der Waals surface area (Å²) in [5, 5.41) is 13.2. The van der Waals surface area contributed by atoms with Crippen LogP contribution in [-0.4, -0.2) is 31.0 Å². The van der Waals surface area contributed by atoms with Crippen LogP contribution in [0.5, 0.6) is 0 Å². The van der Waals surface area contributed by atoms with Crippen LogP contribution in [0.4, 0.5) is 0 Å². The number of hydrogen-bond donors (Lipinski definition) is 1. The fraction of sp³-hybridized carbons (Fsp3) is 0.250. The number of methoxy groups -OCH3 is 1. The van der Waals surface area contributed by atoms with Crippen LogP contribution >= 0.6 is 0 Å². The molecule has 0 heterocycles. The molecule has 0 aliphatic carbocycles. The Bertz CT molecular complexity index is 489. The van der Waals surface area contributed by atoms with Gasteiger partial charge in [-0.15, -0.1) is 0 Å². The fourth-order valence-electron chi connectivity index (χ4n) is 1.37. The number of amides is 1. The van der Waals surface area contributed by atoms with Crippen molar-refractivity contribution in [2.75, 3.05) is 7.11 Å². The SMILES string of the molecule is COC(=O)[C@H](C)NC(=O)c1ccccc1C(=O)[O-].[Na+]. The number of benzene rings is 1. The summed E-state index contributed by atoms with van der Waals surface area (Å²) in [5.41, 5.74) is -0.291. The third-order valence-electron chi connectivity index (χ3n) is 2.29. The summed E-state index contributed by atoms with van der Waals surface area (Å²) >= 11 is 0. The zero-order valence-corrected chi connectivity index (χ0v) is 12.9. The molecule has 7 heteroatoms. The first-order chi connectivity index (χ1) is 8.47. The molecule has 1 N–H and O–H groups in total. The zero-order valence-electron chi connectivity index (χ0n) is 10.9. The van der Waals surface area contributed by atoms with Gasteiger partial charge in [-0.3, -0.25) is 4.79 Å². The van der Waals surface area contributed by atoms with Crippen molar-refractivity contribution in [2.24, 2.45) is 0 Å². The average molecular weight is 273 g/mol. The number of aromatic carboxylic acids is 1. The predicted molar refractivity (Wildman–Crippen MR) is 59.7 cm³/mol. The van der Waals surface area contributed by atoms with Gasteiger partial charge in [0.05, 0.1) is 13.1 Å². The van der Waals surface area contributed by atoms with Crippen LogP contribution in [0.25, 0.3) is 0 Å². The van der Waals surface area contributed by atoms with E-state index in [4.69, 9.17) is 0 Å². The third-order valence-corrected chi connectivity index (χ3v) is 2.29. The average Bonchev–Trinajstić information content (AvgIpc) is 2.37. The molecule has 0 saturated carbocycles. The van der Waals surface area contributed by atoms with E-state index in [-0.39, 0.29) is 40.7 Å². The second-order valence-corrected chi connectivity index (χ2v) is 3.55. The normalized spacial score (nSPS) is 10.8. The van der Waals surface area contributed by atoms with E-state index in [0.29, 0.717) is 0 Å². The molecule has 1 aromatic rings. The number of hydrogen-bond acceptors (Lipinski definition) is 5. The fourth-order valence-corrected chi connectivity index (χ4v) is 1.37. The maximum atomic E-state index is 11.8. The van der Waals surface area contributed by atoms with Crippen molar-refractivity contribution in [1.82, 2.24) is 5.32 Å². The number of carboxylic acid groups (broad SMARTS) is 1. The maximum absolute atomic E-state index is 11.8. The molecule has 0 spiro atoms. The Balaban J connectivity index is 0.00000324. The zero-order chi connectivity index (χ0) is 13.7. The van der Waals surface area contributed by atoms with E-state index in [1.807, 2.05) is 0 Å². The van der Waals surface area contributed by atoms with Crippen molar-refractivity contribution < 1.29 is 53.8 Å². The Morgan fingerprint density at radius 2 is 1.74 bits per heavy atom. The first-order valence-electron chi connectivity index (χ1n) is 5.16. The van der Waals surface area contributed by atoms with Crippen LogP contribution < -0.4 is 40.0 Å². The van der Waals surface area contributed by atoms with Gasteiger partial charge < -0.3 is 20.0 Å². The van der Waals surface area contributed by atoms with E-state index in [0.717, 1.165) is 0 Å². The molecule has 1 rings (SSSR count). The van der Waals surface area contributed by atoms with Gasteiger partial charge in [0.2, 0.25) is 0 Å². The molecule has 0 fully saturated rings. The Hall–Kier alpha value is -1.37. The summed E-state index contributed by atoms with van der Waals surface area (Å²) < 4.78 is 4.44. The summed E-state index contributed by atoms with van der Waals surface area (Å²) in [6.07, 6.45) is 0. The Kier molecular flexibility index (Phi) is 7.36. The van der Waals surface area contributed by atoms with Crippen LogP contribution in [-0.2, 0) is 9.53 Å². The minimum absolute atomic E-state index is 0. The van der Waals surface area contributed by atoms with Gasteiger partial charge in [0.1, 0.15) is 6.04 Å². The monoisotopic (exact) mass is 273 g/mol. The van der Waals surface area contributed by atoms with Gasteiger partial charge in [-0.05, 0) is 13.0 Å². The number of nitrogens with one attached hydrogen (secondary N) is 1. The van der Waals surface area contributed by atoms with Crippen LogP contribution in [0.1, 0.15) is 27.6 Å². The predicted octanol–water partition coefficient (Wildman–Crippen LogP) is -3.65. The minimum Gasteiger partial charge on any atom is -0.545 e. The molecule has 1 amide bonds. The smallest absolute Gasteiger partial charge is 0.545 e. The quantitative estimate of drug-likeness (QED) is 0.451. The van der Waals surface area contributed by atoms with Crippen molar-refractivity contribution in [3.05, 3.63) is 35.4 Å². The van der Waals surface area contributed by atoms with E-state index in [2.05, 4.69) is 10.1 Å². The molecule has 1 aromatic carbocycles. The van der Waals surface area contributed by atoms with E-state index >= 15 is 0 Å². The number of carbonyl (C=O) groups is 3. The van der Waals surface area contributed by atoms with E-state index in [1.165, 1.54) is 38.3 Å². The summed E-state index contributed by atoms with van der Waals surface area (Å²) in [7, 11) is 1.19. The van der Waals surface area contributed by atoms with E-state index < -0.39 is 23.9 Å². The molecule has 0 unspecified atom stereocenters. The summed E-state index contributed by atoms with van der Waals surface area (Å²) in [5.74, 6) is -2.74. The van der Waals surface area contributed by atoms with Crippen molar-refractivity contribution in [2.45, 2.75) is 13.0 Å². The number of ether oxygens (including phenoxy) is 1. The van der Waals surface area contributed by atoms with Gasteiger partial charge in [0.15, 0.2) is 0 Å². The standard InChI is InChI=1S/C12H13NO5.Na/c1-7(12(17)18-2)13-10(14)8-5-3-4-6-9(8)11(15)16;/h3-7H,1-2H3,(H,13,14)(H,15,16);/q;+1/p-1/t7-;/m0./s1. The van der Waals surface area contributed by atoms with Crippen LogP contribution in [0.15, 0.2) is 24.3 Å². The second-order valence-electron chi connectivity index (χ2n) is 3.55. The molecule has 0 bridgehead atoms. The van der Waals surface area contributed by atoms with Gasteiger partial charge in [-0.1, -0.05) is 18.2 Å². The van der Waals surface area contributed by atoms with Gasteiger partial charge in [0.25, 0.3) is 5.91 Å². The van der Waals surface area contributed by atoms with Gasteiger partial charge in [-0.2, -0.15) is 0 Å². The van der Waals surface area contributed by atoms with Crippen molar-refractivity contribution in [3.8, 4) is 0 Å². The molecular weight excluding hydrogens is 261 g/mol. The summed E-state index contributed by atoms with van der Waals surface area (Å²) in [4.78, 5) is 33.7. The van der Waals surface area contributed by atoms with Gasteiger partial charge in [-0.25, -0.2) is 4.79 Å². The third kappa shape index (κ3) is 4.66. The summed E-state index contributed by atoms with van der Waals surface area (Å²) in [6, 6.07) is 4.73. The van der Waals surface area contributed by atoms with Crippen LogP contribution in [0.3, 0.4) is 0 Å².